The van der Waals surface area contributed by atoms with Crippen molar-refractivity contribution in [3.63, 3.8) is 0 Å². The van der Waals surface area contributed by atoms with Crippen LogP contribution in [0, 0.1) is 6.92 Å². The number of nitrogens with one attached hydrogen (secondary N) is 2. The Morgan fingerprint density at radius 2 is 2.54 bits per heavy atom. The van der Waals surface area contributed by atoms with Gasteiger partial charge in [-0.1, -0.05) is 0 Å². The van der Waals surface area contributed by atoms with E-state index in [0.29, 0.717) is 6.54 Å². The van der Waals surface area contributed by atoms with E-state index in [2.05, 4.69) is 25.5 Å². The highest BCUT2D eigenvalue weighted by Gasteiger charge is 1.99. The Labute approximate surface area is 79.2 Å². The molecule has 0 saturated heterocycles. The van der Waals surface area contributed by atoms with Crippen molar-refractivity contribution >= 4 is 16.5 Å². The van der Waals surface area contributed by atoms with E-state index in [1.165, 1.54) is 0 Å². The van der Waals surface area contributed by atoms with Crippen molar-refractivity contribution in [1.82, 2.24) is 20.2 Å². The third kappa shape index (κ3) is 2.03. The number of thiazole rings is 1. The normalized spacial score (nSPS) is 10.2. The van der Waals surface area contributed by atoms with Gasteiger partial charge in [0.25, 0.3) is 0 Å². The summed E-state index contributed by atoms with van der Waals surface area (Å²) in [6.07, 6.45) is 1.76. The third-order valence-electron chi connectivity index (χ3n) is 1.47. The molecule has 0 unspecified atom stereocenters. The topological polar surface area (TPSA) is 66.5 Å². The van der Waals surface area contributed by atoms with Crippen LogP contribution in [0.15, 0.2) is 11.6 Å². The summed E-state index contributed by atoms with van der Waals surface area (Å²) >= 11 is 1.56. The number of aromatic nitrogens is 4. The third-order valence-corrected chi connectivity index (χ3v) is 2.20. The molecule has 0 saturated carbocycles. The van der Waals surface area contributed by atoms with E-state index in [9.17, 15) is 0 Å². The molecular formula is C7H9N5S. The average Bonchev–Trinajstić information content (AvgIpc) is 2.71. The number of aryl methyl sites for hydroxylation is 1. The van der Waals surface area contributed by atoms with Crippen LogP contribution in [0.3, 0.4) is 0 Å². The van der Waals surface area contributed by atoms with Crippen LogP contribution >= 0.6 is 11.3 Å². The lowest BCUT2D eigenvalue weighted by molar-refractivity contribution is 0.951. The molecule has 5 nitrogen and oxygen atoms in total. The summed E-state index contributed by atoms with van der Waals surface area (Å²) in [5, 5.41) is 12.7. The predicted molar refractivity (Wildman–Crippen MR) is 50.6 cm³/mol. The Bertz CT molecular complexity index is 366. The van der Waals surface area contributed by atoms with Gasteiger partial charge in [-0.15, -0.1) is 11.3 Å². The first-order chi connectivity index (χ1) is 6.34. The molecule has 2 aromatic heterocycles. The second kappa shape index (κ2) is 3.53. The van der Waals surface area contributed by atoms with Crippen LogP contribution in [-0.4, -0.2) is 20.2 Å². The van der Waals surface area contributed by atoms with Crippen LogP contribution in [0.1, 0.15) is 11.6 Å². The first-order valence-corrected chi connectivity index (χ1v) is 4.74. The molecule has 0 atom stereocenters. The van der Waals surface area contributed by atoms with Crippen molar-refractivity contribution in [1.29, 1.82) is 0 Å². The van der Waals surface area contributed by atoms with Crippen LogP contribution in [0.25, 0.3) is 0 Å². The minimum Gasteiger partial charge on any atom is -0.354 e. The maximum absolute atomic E-state index is 4.16. The van der Waals surface area contributed by atoms with Crippen molar-refractivity contribution in [2.75, 3.05) is 5.32 Å². The first-order valence-electron chi connectivity index (χ1n) is 3.86. The Hall–Kier alpha value is -1.43. The maximum atomic E-state index is 4.16. The van der Waals surface area contributed by atoms with Gasteiger partial charge in [0, 0.05) is 11.6 Å². The van der Waals surface area contributed by atoms with E-state index in [4.69, 9.17) is 0 Å². The second-order valence-electron chi connectivity index (χ2n) is 2.53. The van der Waals surface area contributed by atoms with Gasteiger partial charge < -0.3 is 5.32 Å². The zero-order valence-corrected chi connectivity index (χ0v) is 7.93. The van der Waals surface area contributed by atoms with E-state index in [-0.39, 0.29) is 0 Å². The molecule has 0 amide bonds. The molecule has 0 aliphatic heterocycles. The van der Waals surface area contributed by atoms with E-state index in [1.807, 2.05) is 12.3 Å². The van der Waals surface area contributed by atoms with E-state index >= 15 is 0 Å². The number of aromatic amines is 1. The number of nitrogens with zero attached hydrogens (tertiary/aromatic N) is 3. The smallest absolute Gasteiger partial charge is 0.182 e. The summed E-state index contributed by atoms with van der Waals surface area (Å²) in [6, 6.07) is 0. The highest BCUT2D eigenvalue weighted by atomic mass is 32.1. The molecule has 0 fully saturated rings. The fourth-order valence-corrected chi connectivity index (χ4v) is 1.46. The van der Waals surface area contributed by atoms with E-state index < -0.39 is 0 Å². The molecule has 6 heteroatoms. The van der Waals surface area contributed by atoms with Gasteiger partial charge in [0.2, 0.25) is 0 Å². The molecule has 0 spiro atoms. The summed E-state index contributed by atoms with van der Waals surface area (Å²) in [5.74, 6) is 1.59. The first kappa shape index (κ1) is 8.18. The highest BCUT2D eigenvalue weighted by Crippen LogP contribution is 2.10. The van der Waals surface area contributed by atoms with Gasteiger partial charge >= 0.3 is 0 Å². The number of H-pyrrole nitrogens is 1. The standard InChI is InChI=1S/C7H9N5S/c1-5-10-6(12-11-5)4-9-7-8-2-3-13-7/h2-3H,4H2,1H3,(H,8,9)(H,10,11,12). The predicted octanol–water partition coefficient (Wildman–Crippen LogP) is 1.18. The van der Waals surface area contributed by atoms with Gasteiger partial charge in [-0.05, 0) is 6.92 Å². The number of rotatable bonds is 3. The van der Waals surface area contributed by atoms with E-state index in [1.54, 1.807) is 17.5 Å². The van der Waals surface area contributed by atoms with Crippen LogP contribution in [-0.2, 0) is 6.54 Å². The van der Waals surface area contributed by atoms with Gasteiger partial charge in [0.15, 0.2) is 11.0 Å². The highest BCUT2D eigenvalue weighted by molar-refractivity contribution is 7.13. The van der Waals surface area contributed by atoms with Crippen LogP contribution in [0.2, 0.25) is 0 Å². The largest absolute Gasteiger partial charge is 0.354 e. The summed E-state index contributed by atoms with van der Waals surface area (Å²) in [7, 11) is 0. The quantitative estimate of drug-likeness (QED) is 0.771. The number of hydrogen-bond donors (Lipinski definition) is 2. The molecule has 2 heterocycles. The van der Waals surface area contributed by atoms with Gasteiger partial charge in [0.05, 0.1) is 6.54 Å². The van der Waals surface area contributed by atoms with Gasteiger partial charge in [-0.2, -0.15) is 5.10 Å². The molecule has 0 aliphatic carbocycles. The van der Waals surface area contributed by atoms with Crippen LogP contribution in [0.5, 0.6) is 0 Å². The summed E-state index contributed by atoms with van der Waals surface area (Å²) in [4.78, 5) is 8.24. The molecule has 2 N–H and O–H groups in total. The lowest BCUT2D eigenvalue weighted by Gasteiger charge is -1.95. The Kier molecular flexibility index (Phi) is 2.22. The molecule has 0 aliphatic rings. The van der Waals surface area contributed by atoms with Crippen molar-refractivity contribution in [3.05, 3.63) is 23.2 Å². The fraction of sp³-hybridized carbons (Fsp3) is 0.286. The zero-order valence-electron chi connectivity index (χ0n) is 7.11. The van der Waals surface area contributed by atoms with Crippen molar-refractivity contribution < 1.29 is 0 Å². The van der Waals surface area contributed by atoms with Gasteiger partial charge in [-0.25, -0.2) is 9.97 Å². The Morgan fingerprint density at radius 1 is 1.62 bits per heavy atom. The summed E-state index contributed by atoms with van der Waals surface area (Å²) in [5.41, 5.74) is 0. The summed E-state index contributed by atoms with van der Waals surface area (Å²) < 4.78 is 0. The molecule has 0 aromatic carbocycles. The second-order valence-corrected chi connectivity index (χ2v) is 3.42. The van der Waals surface area contributed by atoms with Crippen LogP contribution < -0.4 is 5.32 Å². The Morgan fingerprint density at radius 3 is 3.15 bits per heavy atom. The fourth-order valence-electron chi connectivity index (χ4n) is 0.933. The molecular weight excluding hydrogens is 186 g/mol. The zero-order chi connectivity index (χ0) is 9.10. The van der Waals surface area contributed by atoms with Crippen molar-refractivity contribution in [2.45, 2.75) is 13.5 Å². The maximum Gasteiger partial charge on any atom is 0.182 e. The number of hydrogen-bond acceptors (Lipinski definition) is 5. The van der Waals surface area contributed by atoms with Crippen molar-refractivity contribution in [3.8, 4) is 0 Å². The van der Waals surface area contributed by atoms with Crippen LogP contribution in [0.4, 0.5) is 5.13 Å². The number of anilines is 1. The lowest BCUT2D eigenvalue weighted by Crippen LogP contribution is -2.00. The summed E-state index contributed by atoms with van der Waals surface area (Å²) in [6.45, 7) is 2.48. The minimum atomic E-state index is 0.609. The molecule has 0 radical (unpaired) electrons. The monoisotopic (exact) mass is 195 g/mol. The molecule has 68 valence electrons. The molecule has 2 aromatic rings. The molecule has 13 heavy (non-hydrogen) atoms. The molecule has 0 bridgehead atoms. The van der Waals surface area contributed by atoms with Gasteiger partial charge in [0.1, 0.15) is 5.82 Å². The lowest BCUT2D eigenvalue weighted by atomic mass is 10.6. The van der Waals surface area contributed by atoms with E-state index in [0.717, 1.165) is 16.8 Å². The van der Waals surface area contributed by atoms with Crippen molar-refractivity contribution in [2.24, 2.45) is 0 Å². The minimum absolute atomic E-state index is 0.609. The Balaban J connectivity index is 1.93. The SMILES string of the molecule is Cc1nc(CNc2nccs2)n[nH]1. The molecule has 2 rings (SSSR count). The van der Waals surface area contributed by atoms with Gasteiger partial charge in [-0.3, -0.25) is 5.10 Å². The average molecular weight is 195 g/mol.